The van der Waals surface area contributed by atoms with Crippen molar-refractivity contribution in [1.82, 2.24) is 4.98 Å². The van der Waals surface area contributed by atoms with Crippen molar-refractivity contribution >= 4 is 16.5 Å². The van der Waals surface area contributed by atoms with E-state index in [9.17, 15) is 4.39 Å². The van der Waals surface area contributed by atoms with Crippen molar-refractivity contribution < 1.29 is 4.39 Å². The van der Waals surface area contributed by atoms with E-state index >= 15 is 0 Å². The Balaban J connectivity index is 2.12. The molecule has 0 atom stereocenters. The van der Waals surface area contributed by atoms with Gasteiger partial charge in [-0.3, -0.25) is 0 Å². The molecule has 1 aromatic carbocycles. The highest BCUT2D eigenvalue weighted by Crippen LogP contribution is 2.49. The summed E-state index contributed by atoms with van der Waals surface area (Å²) < 4.78 is 13.9. The molecule has 1 aliphatic rings. The van der Waals surface area contributed by atoms with E-state index in [1.54, 1.807) is 6.07 Å². The molecule has 2 nitrogen and oxygen atoms in total. The summed E-state index contributed by atoms with van der Waals surface area (Å²) in [5.74, 6) is -0.140. The molecule has 1 heterocycles. The van der Waals surface area contributed by atoms with Crippen LogP contribution < -0.4 is 5.73 Å². The predicted octanol–water partition coefficient (Wildman–Crippen LogP) is 3.33. The lowest BCUT2D eigenvalue weighted by atomic mass is 9.62. The number of nitrogens with two attached hydrogens (primary N) is 1. The van der Waals surface area contributed by atoms with Gasteiger partial charge in [-0.25, -0.2) is 9.37 Å². The molecule has 0 amide bonds. The van der Waals surface area contributed by atoms with E-state index in [1.807, 2.05) is 17.5 Å². The molecule has 0 saturated heterocycles. The molecule has 0 radical (unpaired) electrons. The minimum atomic E-state index is -0.237. The van der Waals surface area contributed by atoms with E-state index < -0.39 is 0 Å². The van der Waals surface area contributed by atoms with Crippen molar-refractivity contribution in [3.63, 3.8) is 0 Å². The number of nitrogens with zero attached hydrogens (tertiary/aromatic N) is 1. The Bertz CT molecular complexity index is 546. The molecular formula is C13H13FN2S. The first kappa shape index (κ1) is 10.7. The van der Waals surface area contributed by atoms with Crippen LogP contribution in [0.1, 0.15) is 30.5 Å². The lowest BCUT2D eigenvalue weighted by Crippen LogP contribution is -2.36. The zero-order chi connectivity index (χ0) is 11.9. The largest absolute Gasteiger partial charge is 0.375 e. The summed E-state index contributed by atoms with van der Waals surface area (Å²) in [7, 11) is 0. The van der Waals surface area contributed by atoms with Crippen molar-refractivity contribution in [3.8, 4) is 0 Å². The molecule has 2 N–H and O–H groups in total. The summed E-state index contributed by atoms with van der Waals surface area (Å²) in [6.45, 7) is 0. The van der Waals surface area contributed by atoms with Crippen molar-refractivity contribution in [2.24, 2.45) is 0 Å². The lowest BCUT2D eigenvalue weighted by molar-refractivity contribution is 0.285. The number of nitrogen functional groups attached to an aromatic ring is 1. The molecule has 17 heavy (non-hydrogen) atoms. The average molecular weight is 248 g/mol. The Labute approximate surface area is 103 Å². The van der Waals surface area contributed by atoms with Crippen molar-refractivity contribution in [1.29, 1.82) is 0 Å². The van der Waals surface area contributed by atoms with E-state index in [0.717, 1.165) is 30.5 Å². The fourth-order valence-electron chi connectivity index (χ4n) is 2.55. The third-order valence-corrected chi connectivity index (χ3v) is 4.28. The van der Waals surface area contributed by atoms with Gasteiger partial charge in [0, 0.05) is 10.8 Å². The molecule has 0 spiro atoms. The molecule has 88 valence electrons. The zero-order valence-corrected chi connectivity index (χ0v) is 10.1. The molecule has 0 bridgehead atoms. The maximum atomic E-state index is 13.9. The smallest absolute Gasteiger partial charge is 0.180 e. The predicted molar refractivity (Wildman–Crippen MR) is 67.6 cm³/mol. The number of hydrogen-bond acceptors (Lipinski definition) is 3. The average Bonchev–Trinajstić information content (AvgIpc) is 2.67. The SMILES string of the molecule is Nc1nc(C2(c3ccccc3F)CCC2)cs1. The number of hydrogen-bond donors (Lipinski definition) is 1. The van der Waals surface area contributed by atoms with Crippen LogP contribution >= 0.6 is 11.3 Å². The number of benzene rings is 1. The molecule has 1 aliphatic carbocycles. The second kappa shape index (κ2) is 3.81. The summed E-state index contributed by atoms with van der Waals surface area (Å²) in [6.07, 6.45) is 3.03. The molecule has 1 fully saturated rings. The van der Waals surface area contributed by atoms with Crippen LogP contribution in [0.25, 0.3) is 0 Å². The van der Waals surface area contributed by atoms with Gasteiger partial charge in [0.1, 0.15) is 5.82 Å². The van der Waals surface area contributed by atoms with E-state index in [-0.39, 0.29) is 11.2 Å². The number of aromatic nitrogens is 1. The number of anilines is 1. The Morgan fingerprint density at radius 3 is 2.59 bits per heavy atom. The Morgan fingerprint density at radius 2 is 2.06 bits per heavy atom. The van der Waals surface area contributed by atoms with Crippen molar-refractivity contribution in [2.75, 3.05) is 5.73 Å². The number of halogens is 1. The van der Waals surface area contributed by atoms with Crippen molar-refractivity contribution in [3.05, 3.63) is 46.7 Å². The lowest BCUT2D eigenvalue weighted by Gasteiger charge is -2.41. The van der Waals surface area contributed by atoms with Gasteiger partial charge in [-0.2, -0.15) is 0 Å². The van der Waals surface area contributed by atoms with Crippen LogP contribution in [0.2, 0.25) is 0 Å². The van der Waals surface area contributed by atoms with Gasteiger partial charge in [-0.05, 0) is 24.5 Å². The van der Waals surface area contributed by atoms with Crippen LogP contribution in [0.15, 0.2) is 29.6 Å². The first-order valence-electron chi connectivity index (χ1n) is 5.69. The Kier molecular flexibility index (Phi) is 2.40. The first-order chi connectivity index (χ1) is 8.22. The quantitative estimate of drug-likeness (QED) is 0.885. The fourth-order valence-corrected chi connectivity index (χ4v) is 3.21. The number of thiazole rings is 1. The summed E-state index contributed by atoms with van der Waals surface area (Å²) in [5, 5.41) is 2.52. The molecule has 1 aromatic heterocycles. The highest BCUT2D eigenvalue weighted by atomic mass is 32.1. The Morgan fingerprint density at radius 1 is 1.29 bits per heavy atom. The van der Waals surface area contributed by atoms with Crippen LogP contribution in [0.4, 0.5) is 9.52 Å². The molecule has 4 heteroatoms. The maximum Gasteiger partial charge on any atom is 0.180 e. The maximum absolute atomic E-state index is 13.9. The van der Waals surface area contributed by atoms with Gasteiger partial charge in [0.15, 0.2) is 5.13 Å². The van der Waals surface area contributed by atoms with Crippen LogP contribution in [0.5, 0.6) is 0 Å². The fraction of sp³-hybridized carbons (Fsp3) is 0.308. The normalized spacial score (nSPS) is 17.7. The highest BCUT2D eigenvalue weighted by molar-refractivity contribution is 7.13. The van der Waals surface area contributed by atoms with E-state index in [4.69, 9.17) is 5.73 Å². The van der Waals surface area contributed by atoms with Crippen LogP contribution in [-0.2, 0) is 5.41 Å². The standard InChI is InChI=1S/C13H13FN2S/c14-10-5-2-1-4-9(10)13(6-3-7-13)11-8-17-12(15)16-11/h1-2,4-5,8H,3,6-7H2,(H2,15,16). The topological polar surface area (TPSA) is 38.9 Å². The molecule has 0 unspecified atom stereocenters. The third kappa shape index (κ3) is 1.55. The first-order valence-corrected chi connectivity index (χ1v) is 6.57. The molecule has 1 saturated carbocycles. The highest BCUT2D eigenvalue weighted by Gasteiger charge is 2.43. The van der Waals surface area contributed by atoms with Gasteiger partial charge in [0.25, 0.3) is 0 Å². The van der Waals surface area contributed by atoms with Gasteiger partial charge in [0.2, 0.25) is 0 Å². The summed E-state index contributed by atoms with van der Waals surface area (Å²) >= 11 is 1.43. The monoisotopic (exact) mass is 248 g/mol. The van der Waals surface area contributed by atoms with Crippen LogP contribution in [-0.4, -0.2) is 4.98 Å². The zero-order valence-electron chi connectivity index (χ0n) is 9.32. The van der Waals surface area contributed by atoms with Gasteiger partial charge in [-0.15, -0.1) is 11.3 Å². The van der Waals surface area contributed by atoms with E-state index in [2.05, 4.69) is 4.98 Å². The molecule has 0 aliphatic heterocycles. The summed E-state index contributed by atoms with van der Waals surface area (Å²) in [4.78, 5) is 4.35. The summed E-state index contributed by atoms with van der Waals surface area (Å²) in [6, 6.07) is 6.99. The summed E-state index contributed by atoms with van der Waals surface area (Å²) in [5.41, 5.74) is 7.14. The minimum absolute atomic E-state index is 0.140. The second-order valence-corrected chi connectivity index (χ2v) is 5.38. The molecule has 2 aromatic rings. The number of rotatable bonds is 2. The minimum Gasteiger partial charge on any atom is -0.375 e. The van der Waals surface area contributed by atoms with Crippen LogP contribution in [0, 0.1) is 5.82 Å². The van der Waals surface area contributed by atoms with Gasteiger partial charge in [-0.1, -0.05) is 24.6 Å². The molecular weight excluding hydrogens is 235 g/mol. The van der Waals surface area contributed by atoms with Crippen LogP contribution in [0.3, 0.4) is 0 Å². The van der Waals surface area contributed by atoms with Gasteiger partial charge < -0.3 is 5.73 Å². The van der Waals surface area contributed by atoms with Gasteiger partial charge >= 0.3 is 0 Å². The van der Waals surface area contributed by atoms with Crippen molar-refractivity contribution in [2.45, 2.75) is 24.7 Å². The molecule has 3 rings (SSSR count). The van der Waals surface area contributed by atoms with E-state index in [0.29, 0.717) is 5.13 Å². The third-order valence-electron chi connectivity index (χ3n) is 3.61. The van der Waals surface area contributed by atoms with Gasteiger partial charge in [0.05, 0.1) is 5.69 Å². The van der Waals surface area contributed by atoms with E-state index in [1.165, 1.54) is 17.4 Å². The Hall–Kier alpha value is -1.42. The second-order valence-electron chi connectivity index (χ2n) is 4.49.